The zero-order valence-corrected chi connectivity index (χ0v) is 16.1. The third-order valence-corrected chi connectivity index (χ3v) is 5.73. The Kier molecular flexibility index (Phi) is 6.89. The highest BCUT2D eigenvalue weighted by molar-refractivity contribution is 5.98. The number of halogens is 1. The van der Waals surface area contributed by atoms with Crippen molar-refractivity contribution in [3.05, 3.63) is 23.8 Å². The fourth-order valence-electron chi connectivity index (χ4n) is 4.33. The lowest BCUT2D eigenvalue weighted by Crippen LogP contribution is -2.48. The summed E-state index contributed by atoms with van der Waals surface area (Å²) >= 11 is 0. The maximum absolute atomic E-state index is 12.8. The standard InChI is InChI=1S/C19H27N3O3.ClH/c1-21-18(23)13-6-7-16(25-2)15(10-13)22-19(24)14-8-11-4-3-5-12(9-14)17(11)20;/h6-7,10-12,14,17H,3-5,8-9,20H2,1-2H3,(H,21,23)(H,22,24);1H. The summed E-state index contributed by atoms with van der Waals surface area (Å²) in [5, 5.41) is 5.56. The molecule has 7 heteroatoms. The Morgan fingerprint density at radius 1 is 1.19 bits per heavy atom. The topological polar surface area (TPSA) is 93.5 Å². The number of nitrogens with one attached hydrogen (secondary N) is 2. The summed E-state index contributed by atoms with van der Waals surface area (Å²) in [5.74, 6) is 1.22. The minimum Gasteiger partial charge on any atom is -0.495 e. The van der Waals surface area contributed by atoms with Crippen LogP contribution in [-0.2, 0) is 4.79 Å². The molecule has 0 aromatic heterocycles. The molecule has 1 aromatic carbocycles. The first kappa shape index (κ1) is 20.5. The molecule has 0 aliphatic heterocycles. The maximum atomic E-state index is 12.8. The average Bonchev–Trinajstić information content (AvgIpc) is 2.60. The van der Waals surface area contributed by atoms with Gasteiger partial charge < -0.3 is 21.1 Å². The Labute approximate surface area is 160 Å². The Hall–Kier alpha value is -1.79. The van der Waals surface area contributed by atoms with E-state index in [1.165, 1.54) is 6.42 Å². The molecule has 6 nitrogen and oxygen atoms in total. The second-order valence-electron chi connectivity index (χ2n) is 7.18. The van der Waals surface area contributed by atoms with E-state index in [0.29, 0.717) is 28.8 Å². The number of hydrogen-bond acceptors (Lipinski definition) is 4. The van der Waals surface area contributed by atoms with Crippen molar-refractivity contribution in [1.29, 1.82) is 0 Å². The number of methoxy groups -OCH3 is 1. The lowest BCUT2D eigenvalue weighted by molar-refractivity contribution is -0.122. The van der Waals surface area contributed by atoms with Gasteiger partial charge in [-0.2, -0.15) is 0 Å². The fourth-order valence-corrected chi connectivity index (χ4v) is 4.33. The molecule has 1 aromatic rings. The van der Waals surface area contributed by atoms with Crippen LogP contribution in [0.5, 0.6) is 5.75 Å². The lowest BCUT2D eigenvalue weighted by atomic mass is 9.65. The third kappa shape index (κ3) is 4.13. The summed E-state index contributed by atoms with van der Waals surface area (Å²) < 4.78 is 5.33. The SMILES string of the molecule is CNC(=O)c1ccc(OC)c(NC(=O)C2CC3CCCC(C2)C3N)c1.Cl. The molecule has 2 unspecified atom stereocenters. The van der Waals surface area contributed by atoms with Crippen molar-refractivity contribution in [1.82, 2.24) is 5.32 Å². The average molecular weight is 382 g/mol. The lowest BCUT2D eigenvalue weighted by Gasteiger charge is -2.43. The van der Waals surface area contributed by atoms with Crippen molar-refractivity contribution in [2.75, 3.05) is 19.5 Å². The summed E-state index contributed by atoms with van der Waals surface area (Å²) in [6.07, 6.45) is 5.16. The molecular weight excluding hydrogens is 354 g/mol. The van der Waals surface area contributed by atoms with Gasteiger partial charge in [0.05, 0.1) is 12.8 Å². The van der Waals surface area contributed by atoms with Gasteiger partial charge in [-0.1, -0.05) is 6.42 Å². The molecule has 2 atom stereocenters. The van der Waals surface area contributed by atoms with Crippen LogP contribution < -0.4 is 21.1 Å². The summed E-state index contributed by atoms with van der Waals surface area (Å²) in [5.41, 5.74) is 7.34. The minimum absolute atomic E-state index is 0. The first-order valence-corrected chi connectivity index (χ1v) is 9.00. The predicted octanol–water partition coefficient (Wildman–Crippen LogP) is 2.57. The quantitative estimate of drug-likeness (QED) is 0.747. The number of benzene rings is 1. The highest BCUT2D eigenvalue weighted by atomic mass is 35.5. The number of carbonyl (C=O) groups is 2. The van der Waals surface area contributed by atoms with Gasteiger partial charge >= 0.3 is 0 Å². The smallest absolute Gasteiger partial charge is 0.251 e. The number of nitrogens with two attached hydrogens (primary N) is 1. The van der Waals surface area contributed by atoms with Crippen molar-refractivity contribution in [2.45, 2.75) is 38.1 Å². The van der Waals surface area contributed by atoms with Gasteiger partial charge in [0.1, 0.15) is 5.75 Å². The molecule has 3 rings (SSSR count). The number of rotatable bonds is 4. The Morgan fingerprint density at radius 3 is 2.42 bits per heavy atom. The normalized spacial score (nSPS) is 27.0. The van der Waals surface area contributed by atoms with Gasteiger partial charge in [0.15, 0.2) is 0 Å². The molecule has 0 radical (unpaired) electrons. The molecule has 0 heterocycles. The number of amides is 2. The Balaban J connectivity index is 0.00000243. The second kappa shape index (κ2) is 8.73. The van der Waals surface area contributed by atoms with E-state index in [-0.39, 0.29) is 36.2 Å². The molecule has 2 bridgehead atoms. The van der Waals surface area contributed by atoms with E-state index in [1.807, 2.05) is 0 Å². The molecule has 2 fully saturated rings. The number of hydrogen-bond donors (Lipinski definition) is 3. The van der Waals surface area contributed by atoms with Crippen LogP contribution in [0.3, 0.4) is 0 Å². The van der Waals surface area contributed by atoms with Gasteiger partial charge in [-0.15, -0.1) is 12.4 Å². The Bertz CT molecular complexity index is 653. The van der Waals surface area contributed by atoms with Crippen LogP contribution in [0.2, 0.25) is 0 Å². The van der Waals surface area contributed by atoms with E-state index < -0.39 is 0 Å². The molecule has 4 N–H and O–H groups in total. The number of ether oxygens (including phenoxy) is 1. The maximum Gasteiger partial charge on any atom is 0.251 e. The van der Waals surface area contributed by atoms with Gasteiger partial charge in [0, 0.05) is 24.6 Å². The molecule has 26 heavy (non-hydrogen) atoms. The third-order valence-electron chi connectivity index (χ3n) is 5.73. The van der Waals surface area contributed by atoms with Crippen LogP contribution in [0.25, 0.3) is 0 Å². The Morgan fingerprint density at radius 2 is 1.85 bits per heavy atom. The summed E-state index contributed by atoms with van der Waals surface area (Å²) in [6.45, 7) is 0. The first-order chi connectivity index (χ1) is 12.0. The van der Waals surface area contributed by atoms with Crippen molar-refractivity contribution in [3.63, 3.8) is 0 Å². The predicted molar refractivity (Wildman–Crippen MR) is 104 cm³/mol. The zero-order chi connectivity index (χ0) is 18.0. The van der Waals surface area contributed by atoms with Crippen LogP contribution in [0.4, 0.5) is 5.69 Å². The van der Waals surface area contributed by atoms with E-state index in [2.05, 4.69) is 10.6 Å². The number of carbonyl (C=O) groups excluding carboxylic acids is 2. The van der Waals surface area contributed by atoms with Gasteiger partial charge in [-0.25, -0.2) is 0 Å². The summed E-state index contributed by atoms with van der Waals surface area (Å²) in [7, 11) is 3.13. The molecule has 2 saturated carbocycles. The van der Waals surface area contributed by atoms with Crippen molar-refractivity contribution in [2.24, 2.45) is 23.5 Å². The van der Waals surface area contributed by atoms with Gasteiger partial charge in [0.2, 0.25) is 5.91 Å². The number of fused-ring (bicyclic) bond motifs is 2. The first-order valence-electron chi connectivity index (χ1n) is 9.00. The van der Waals surface area contributed by atoms with Crippen molar-refractivity contribution < 1.29 is 14.3 Å². The monoisotopic (exact) mass is 381 g/mol. The zero-order valence-electron chi connectivity index (χ0n) is 15.3. The molecular formula is C19H28ClN3O3. The highest BCUT2D eigenvalue weighted by Crippen LogP contribution is 2.42. The van der Waals surface area contributed by atoms with E-state index in [0.717, 1.165) is 25.7 Å². The van der Waals surface area contributed by atoms with E-state index >= 15 is 0 Å². The second-order valence-corrected chi connectivity index (χ2v) is 7.18. The van der Waals surface area contributed by atoms with E-state index in [9.17, 15) is 9.59 Å². The van der Waals surface area contributed by atoms with Crippen LogP contribution >= 0.6 is 12.4 Å². The minimum atomic E-state index is -0.198. The van der Waals surface area contributed by atoms with E-state index in [4.69, 9.17) is 10.5 Å². The largest absolute Gasteiger partial charge is 0.495 e. The highest BCUT2D eigenvalue weighted by Gasteiger charge is 2.40. The summed E-state index contributed by atoms with van der Waals surface area (Å²) in [4.78, 5) is 24.7. The molecule has 0 spiro atoms. The van der Waals surface area contributed by atoms with Crippen LogP contribution in [0.1, 0.15) is 42.5 Å². The molecule has 2 aliphatic rings. The van der Waals surface area contributed by atoms with Crippen molar-refractivity contribution in [3.8, 4) is 5.75 Å². The van der Waals surface area contributed by atoms with Crippen LogP contribution in [-0.4, -0.2) is 32.0 Å². The molecule has 0 saturated heterocycles. The van der Waals surface area contributed by atoms with Crippen LogP contribution in [0.15, 0.2) is 18.2 Å². The van der Waals surface area contributed by atoms with Crippen molar-refractivity contribution >= 4 is 29.9 Å². The van der Waals surface area contributed by atoms with Crippen LogP contribution in [0, 0.1) is 17.8 Å². The number of anilines is 1. The molecule has 144 valence electrons. The fraction of sp³-hybridized carbons (Fsp3) is 0.579. The summed E-state index contributed by atoms with van der Waals surface area (Å²) in [6, 6.07) is 5.28. The molecule has 2 amide bonds. The van der Waals surface area contributed by atoms with Gasteiger partial charge in [-0.3, -0.25) is 9.59 Å². The van der Waals surface area contributed by atoms with Gasteiger partial charge in [0.25, 0.3) is 5.91 Å². The van der Waals surface area contributed by atoms with Gasteiger partial charge in [-0.05, 0) is 55.7 Å². The van der Waals surface area contributed by atoms with E-state index in [1.54, 1.807) is 32.4 Å². The molecule has 2 aliphatic carbocycles.